The van der Waals surface area contributed by atoms with Crippen molar-refractivity contribution in [3.63, 3.8) is 0 Å². The summed E-state index contributed by atoms with van der Waals surface area (Å²) in [5, 5.41) is 0. The lowest BCUT2D eigenvalue weighted by molar-refractivity contribution is 0.0970. The smallest absolute Gasteiger partial charge is 0.254 e. The Hall–Kier alpha value is -3.45. The maximum Gasteiger partial charge on any atom is 0.254 e. The summed E-state index contributed by atoms with van der Waals surface area (Å²) < 4.78 is 12.0. The molecule has 0 fully saturated rings. The number of nitrogens with zero attached hydrogens (tertiary/aromatic N) is 2. The molecule has 29 heavy (non-hydrogen) atoms. The van der Waals surface area contributed by atoms with E-state index < -0.39 is 0 Å². The summed E-state index contributed by atoms with van der Waals surface area (Å²) in [5.74, 6) is 0.943. The van der Waals surface area contributed by atoms with Crippen LogP contribution in [0.4, 0.5) is 0 Å². The zero-order valence-electron chi connectivity index (χ0n) is 16.4. The molecule has 0 radical (unpaired) electrons. The maximum absolute atomic E-state index is 12.6. The summed E-state index contributed by atoms with van der Waals surface area (Å²) >= 11 is 0. The first-order valence-corrected chi connectivity index (χ1v) is 9.15. The lowest BCUT2D eigenvalue weighted by Gasteiger charge is -2.10. The predicted octanol–water partition coefficient (Wildman–Crippen LogP) is 2.48. The summed E-state index contributed by atoms with van der Waals surface area (Å²) in [6.07, 6.45) is 3.16. The topological polar surface area (TPSA) is 96.4 Å². The molecule has 0 aliphatic rings. The van der Waals surface area contributed by atoms with Gasteiger partial charge in [0.1, 0.15) is 18.1 Å². The number of hydrogen-bond acceptors (Lipinski definition) is 6. The molecule has 3 aromatic rings. The first kappa shape index (κ1) is 20.3. The van der Waals surface area contributed by atoms with Gasteiger partial charge in [-0.25, -0.2) is 0 Å². The lowest BCUT2D eigenvalue weighted by Crippen LogP contribution is -2.23. The van der Waals surface area contributed by atoms with Gasteiger partial charge in [-0.2, -0.15) is 0 Å². The van der Waals surface area contributed by atoms with E-state index in [4.69, 9.17) is 15.2 Å². The van der Waals surface area contributed by atoms with E-state index in [0.29, 0.717) is 29.3 Å². The number of aryl methyl sites for hydroxylation is 1. The highest BCUT2D eigenvalue weighted by molar-refractivity contribution is 5.97. The largest absolute Gasteiger partial charge is 0.495 e. The van der Waals surface area contributed by atoms with Gasteiger partial charge >= 0.3 is 0 Å². The van der Waals surface area contributed by atoms with Crippen LogP contribution in [0.3, 0.4) is 0 Å². The zero-order valence-corrected chi connectivity index (χ0v) is 16.4. The number of hydrogen-bond donors (Lipinski definition) is 1. The van der Waals surface area contributed by atoms with Gasteiger partial charge in [0.2, 0.25) is 0 Å². The van der Waals surface area contributed by atoms with Crippen molar-refractivity contribution in [2.75, 3.05) is 7.11 Å². The Kier molecular flexibility index (Phi) is 6.41. The molecule has 0 bridgehead atoms. The van der Waals surface area contributed by atoms with Crippen LogP contribution < -0.4 is 20.8 Å². The lowest BCUT2D eigenvalue weighted by atomic mass is 10.0. The minimum absolute atomic E-state index is 0.0397. The third-order valence-corrected chi connectivity index (χ3v) is 4.53. The van der Waals surface area contributed by atoms with Crippen LogP contribution in [0.15, 0.2) is 59.7 Å². The van der Waals surface area contributed by atoms with Gasteiger partial charge < -0.3 is 19.8 Å². The third kappa shape index (κ3) is 5.08. The molecular weight excluding hydrogens is 370 g/mol. The van der Waals surface area contributed by atoms with Crippen molar-refractivity contribution in [3.8, 4) is 11.5 Å². The fourth-order valence-electron chi connectivity index (χ4n) is 2.89. The van der Waals surface area contributed by atoms with Gasteiger partial charge in [0.15, 0.2) is 5.78 Å². The van der Waals surface area contributed by atoms with Gasteiger partial charge in [-0.15, -0.1) is 0 Å². The van der Waals surface area contributed by atoms with Gasteiger partial charge in [-0.3, -0.25) is 14.6 Å². The zero-order chi connectivity index (χ0) is 20.8. The molecule has 0 atom stereocenters. The number of methoxy groups -OCH3 is 1. The number of aromatic nitrogens is 2. The first-order chi connectivity index (χ1) is 14.0. The fourth-order valence-corrected chi connectivity index (χ4v) is 2.89. The molecular formula is C22H23N3O4. The van der Waals surface area contributed by atoms with Crippen molar-refractivity contribution in [3.05, 3.63) is 87.6 Å². The molecule has 0 saturated carbocycles. The molecule has 0 spiro atoms. The van der Waals surface area contributed by atoms with Crippen LogP contribution in [-0.2, 0) is 19.7 Å². The highest BCUT2D eigenvalue weighted by atomic mass is 16.5. The molecule has 7 nitrogen and oxygen atoms in total. The average Bonchev–Trinajstić information content (AvgIpc) is 2.74. The predicted molar refractivity (Wildman–Crippen MR) is 109 cm³/mol. The van der Waals surface area contributed by atoms with Crippen molar-refractivity contribution in [1.29, 1.82) is 0 Å². The monoisotopic (exact) mass is 393 g/mol. The molecule has 1 aromatic carbocycles. The van der Waals surface area contributed by atoms with Crippen LogP contribution >= 0.6 is 0 Å². The van der Waals surface area contributed by atoms with E-state index in [9.17, 15) is 9.59 Å². The molecule has 2 aromatic heterocycles. The normalized spacial score (nSPS) is 10.6. The highest BCUT2D eigenvalue weighted by Crippen LogP contribution is 2.14. The second-order valence-corrected chi connectivity index (χ2v) is 6.58. The Morgan fingerprint density at radius 3 is 2.59 bits per heavy atom. The Labute approximate surface area is 168 Å². The quantitative estimate of drug-likeness (QED) is 0.591. The van der Waals surface area contributed by atoms with E-state index in [2.05, 4.69) is 4.98 Å². The van der Waals surface area contributed by atoms with E-state index in [0.717, 1.165) is 11.1 Å². The van der Waals surface area contributed by atoms with Crippen LogP contribution in [0.25, 0.3) is 0 Å². The Bertz CT molecular complexity index is 1060. The van der Waals surface area contributed by atoms with E-state index in [-0.39, 0.29) is 24.5 Å². The number of pyridine rings is 2. The number of rotatable bonds is 8. The molecule has 7 heteroatoms. The first-order valence-electron chi connectivity index (χ1n) is 9.15. The third-order valence-electron chi connectivity index (χ3n) is 4.53. The van der Waals surface area contributed by atoms with Crippen LogP contribution in [0, 0.1) is 6.92 Å². The van der Waals surface area contributed by atoms with Crippen LogP contribution in [0.1, 0.15) is 27.2 Å². The number of benzene rings is 1. The van der Waals surface area contributed by atoms with E-state index in [1.54, 1.807) is 43.8 Å². The molecule has 0 amide bonds. The molecule has 3 rings (SSSR count). The minimum Gasteiger partial charge on any atom is -0.495 e. The molecule has 2 N–H and O–H groups in total. The number of carbonyl (C=O) groups excluding carboxylic acids is 1. The molecule has 2 heterocycles. The Morgan fingerprint density at radius 1 is 1.14 bits per heavy atom. The number of ketones is 1. The summed E-state index contributed by atoms with van der Waals surface area (Å²) in [6, 6.07) is 12.1. The average molecular weight is 393 g/mol. The molecule has 0 aliphatic heterocycles. The second-order valence-electron chi connectivity index (χ2n) is 6.58. The van der Waals surface area contributed by atoms with Crippen molar-refractivity contribution < 1.29 is 14.3 Å². The van der Waals surface area contributed by atoms with Crippen molar-refractivity contribution in [1.82, 2.24) is 9.55 Å². The Balaban J connectivity index is 1.66. The van der Waals surface area contributed by atoms with Crippen molar-refractivity contribution >= 4 is 5.78 Å². The van der Waals surface area contributed by atoms with Crippen molar-refractivity contribution in [2.24, 2.45) is 5.73 Å². The molecule has 0 saturated heterocycles. The number of Topliss-reactive ketones (excluding diaryl/α,β-unsaturated/α-hetero) is 1. The van der Waals surface area contributed by atoms with E-state index in [1.807, 2.05) is 19.1 Å². The molecule has 0 unspecified atom stereocenters. The Morgan fingerprint density at radius 2 is 1.97 bits per heavy atom. The summed E-state index contributed by atoms with van der Waals surface area (Å²) in [5.41, 5.74) is 8.42. The standard InChI is InChI=1S/C22H23N3O4/c1-15-9-16(11-23)3-6-20(15)21(26)13-25-8-7-18(10-22(25)27)29-14-17-4-5-19(28-2)12-24-17/h3-10,12H,11,13-14,23H2,1-2H3. The van der Waals surface area contributed by atoms with Gasteiger partial charge in [-0.1, -0.05) is 18.2 Å². The molecule has 150 valence electrons. The number of nitrogens with two attached hydrogens (primary N) is 1. The minimum atomic E-state index is -0.310. The van der Waals surface area contributed by atoms with E-state index >= 15 is 0 Å². The van der Waals surface area contributed by atoms with Crippen LogP contribution in [0.5, 0.6) is 11.5 Å². The second kappa shape index (κ2) is 9.16. The number of carbonyl (C=O) groups is 1. The van der Waals surface area contributed by atoms with Gasteiger partial charge in [0.25, 0.3) is 5.56 Å². The summed E-state index contributed by atoms with van der Waals surface area (Å²) in [7, 11) is 1.57. The van der Waals surface area contributed by atoms with Crippen molar-refractivity contribution in [2.45, 2.75) is 26.6 Å². The molecule has 0 aliphatic carbocycles. The highest BCUT2D eigenvalue weighted by Gasteiger charge is 2.11. The maximum atomic E-state index is 12.6. The summed E-state index contributed by atoms with van der Waals surface area (Å²) in [4.78, 5) is 29.2. The number of ether oxygens (including phenoxy) is 2. The SMILES string of the molecule is COc1ccc(COc2ccn(CC(=O)c3ccc(CN)cc3C)c(=O)c2)nc1. The summed E-state index contributed by atoms with van der Waals surface area (Å²) in [6.45, 7) is 2.46. The van der Waals surface area contributed by atoms with Crippen LogP contribution in [-0.4, -0.2) is 22.4 Å². The van der Waals surface area contributed by atoms with Gasteiger partial charge in [0.05, 0.1) is 25.5 Å². The van der Waals surface area contributed by atoms with Gasteiger partial charge in [-0.05, 0) is 36.2 Å². The van der Waals surface area contributed by atoms with Crippen LogP contribution in [0.2, 0.25) is 0 Å². The van der Waals surface area contributed by atoms with Gasteiger partial charge in [0, 0.05) is 24.4 Å². The van der Waals surface area contributed by atoms with E-state index in [1.165, 1.54) is 10.6 Å². The fraction of sp³-hybridized carbons (Fsp3) is 0.227.